The van der Waals surface area contributed by atoms with Crippen molar-refractivity contribution in [3.05, 3.63) is 52.3 Å². The minimum atomic E-state index is -0.396. The first-order valence-corrected chi connectivity index (χ1v) is 6.96. The first-order valence-electron chi connectivity index (χ1n) is 6.16. The van der Waals surface area contributed by atoms with Gasteiger partial charge in [-0.15, -0.1) is 5.10 Å². The van der Waals surface area contributed by atoms with Gasteiger partial charge in [0.25, 0.3) is 0 Å². The lowest BCUT2D eigenvalue weighted by Crippen LogP contribution is -2.03. The van der Waals surface area contributed by atoms with Gasteiger partial charge in [0.1, 0.15) is 5.82 Å². The van der Waals surface area contributed by atoms with Gasteiger partial charge in [0, 0.05) is 15.7 Å². The summed E-state index contributed by atoms with van der Waals surface area (Å²) >= 11 is 3.50. The van der Waals surface area contributed by atoms with Gasteiger partial charge in [-0.1, -0.05) is 6.07 Å². The number of nitrogen functional groups attached to an aromatic ring is 1. The van der Waals surface area contributed by atoms with E-state index >= 15 is 0 Å². The fourth-order valence-corrected chi connectivity index (χ4v) is 2.70. The van der Waals surface area contributed by atoms with E-state index in [0.717, 1.165) is 15.7 Å². The fraction of sp³-hybridized carbons (Fsp3) is 0.0714. The van der Waals surface area contributed by atoms with E-state index in [4.69, 9.17) is 5.73 Å². The lowest BCUT2D eigenvalue weighted by atomic mass is 10.1. The number of nitrogens with two attached hydrogens (primary N) is 1. The molecule has 3 rings (SSSR count). The lowest BCUT2D eigenvalue weighted by Gasteiger charge is -2.09. The summed E-state index contributed by atoms with van der Waals surface area (Å²) < 4.78 is 15.6. The molecule has 0 atom stereocenters. The Balaban J connectivity index is 2.17. The third-order valence-electron chi connectivity index (χ3n) is 3.06. The van der Waals surface area contributed by atoms with E-state index in [1.54, 1.807) is 10.7 Å². The minimum absolute atomic E-state index is 0.286. The molecule has 0 spiro atoms. The predicted octanol–water partition coefficient (Wildman–Crippen LogP) is 3.12. The van der Waals surface area contributed by atoms with Crippen LogP contribution in [0.25, 0.3) is 17.1 Å². The Morgan fingerprint density at radius 2 is 2.00 bits per heavy atom. The van der Waals surface area contributed by atoms with Gasteiger partial charge in [-0.2, -0.15) is 4.68 Å². The number of benzene rings is 2. The molecule has 7 heteroatoms. The maximum absolute atomic E-state index is 13.2. The van der Waals surface area contributed by atoms with Crippen LogP contribution < -0.4 is 5.73 Å². The van der Waals surface area contributed by atoms with Gasteiger partial charge in [0.2, 0.25) is 0 Å². The normalized spacial score (nSPS) is 10.8. The maximum atomic E-state index is 13.2. The van der Waals surface area contributed by atoms with Gasteiger partial charge < -0.3 is 5.73 Å². The maximum Gasteiger partial charge on any atom is 0.189 e. The molecule has 3 aromatic rings. The second kappa shape index (κ2) is 5.25. The third kappa shape index (κ3) is 2.52. The molecule has 0 aliphatic carbocycles. The molecule has 0 saturated heterocycles. The number of hydrogen-bond donors (Lipinski definition) is 1. The van der Waals surface area contributed by atoms with E-state index in [0.29, 0.717) is 11.4 Å². The molecule has 0 unspecified atom stereocenters. The Labute approximate surface area is 128 Å². The standard InChI is InChI=1S/C14H11BrFN5/c1-8-2-5-13(11(15)6-8)21-14(18-19-20-21)10-4-3-9(16)7-12(10)17/h2-7H,17H2,1H3. The van der Waals surface area contributed by atoms with Gasteiger partial charge in [-0.25, -0.2) is 4.39 Å². The van der Waals surface area contributed by atoms with Crippen molar-refractivity contribution >= 4 is 21.6 Å². The number of rotatable bonds is 2. The van der Waals surface area contributed by atoms with Crippen molar-refractivity contribution in [1.29, 1.82) is 0 Å². The van der Waals surface area contributed by atoms with E-state index in [9.17, 15) is 4.39 Å². The molecule has 1 aromatic heterocycles. The number of anilines is 1. The summed E-state index contributed by atoms with van der Waals surface area (Å²) in [4.78, 5) is 0. The summed E-state index contributed by atoms with van der Waals surface area (Å²) in [5, 5.41) is 11.7. The van der Waals surface area contributed by atoms with Crippen molar-refractivity contribution in [2.45, 2.75) is 6.92 Å². The number of aryl methyl sites for hydroxylation is 1. The highest BCUT2D eigenvalue weighted by molar-refractivity contribution is 9.10. The first kappa shape index (κ1) is 13.7. The summed E-state index contributed by atoms with van der Waals surface area (Å²) in [6, 6.07) is 9.97. The molecule has 0 saturated carbocycles. The van der Waals surface area contributed by atoms with Crippen LogP contribution in [0, 0.1) is 12.7 Å². The lowest BCUT2D eigenvalue weighted by molar-refractivity contribution is 0.628. The smallest absolute Gasteiger partial charge is 0.189 e. The van der Waals surface area contributed by atoms with Crippen LogP contribution in [0.4, 0.5) is 10.1 Å². The van der Waals surface area contributed by atoms with Gasteiger partial charge in [-0.05, 0) is 69.2 Å². The van der Waals surface area contributed by atoms with Crippen molar-refractivity contribution in [3.63, 3.8) is 0 Å². The molecule has 0 amide bonds. The Morgan fingerprint density at radius 3 is 2.71 bits per heavy atom. The quantitative estimate of drug-likeness (QED) is 0.723. The summed E-state index contributed by atoms with van der Waals surface area (Å²) in [7, 11) is 0. The molecule has 0 aliphatic heterocycles. The molecule has 106 valence electrons. The second-order valence-corrected chi connectivity index (χ2v) is 5.46. The molecule has 0 bridgehead atoms. The van der Waals surface area contributed by atoms with E-state index in [1.807, 2.05) is 25.1 Å². The van der Waals surface area contributed by atoms with Crippen molar-refractivity contribution in [3.8, 4) is 17.1 Å². The van der Waals surface area contributed by atoms with E-state index < -0.39 is 5.82 Å². The Kier molecular flexibility index (Phi) is 3.42. The summed E-state index contributed by atoms with van der Waals surface area (Å²) in [5.74, 6) is 0.0591. The summed E-state index contributed by atoms with van der Waals surface area (Å²) in [5.41, 5.74) is 8.62. The number of nitrogens with zero attached hydrogens (tertiary/aromatic N) is 4. The zero-order valence-corrected chi connectivity index (χ0v) is 12.7. The number of halogens is 2. The molecule has 1 heterocycles. The molecule has 21 heavy (non-hydrogen) atoms. The number of aromatic nitrogens is 4. The van der Waals surface area contributed by atoms with Crippen LogP contribution >= 0.6 is 15.9 Å². The van der Waals surface area contributed by atoms with E-state index in [2.05, 4.69) is 31.5 Å². The highest BCUT2D eigenvalue weighted by Gasteiger charge is 2.15. The average molecular weight is 348 g/mol. The Morgan fingerprint density at radius 1 is 1.19 bits per heavy atom. The SMILES string of the molecule is Cc1ccc(-n2nnnc2-c2ccc(F)cc2N)c(Br)c1. The Bertz CT molecular complexity index is 749. The zero-order chi connectivity index (χ0) is 15.0. The Hall–Kier alpha value is -2.28. The van der Waals surface area contributed by atoms with Crippen LogP contribution in [0.1, 0.15) is 5.56 Å². The molecule has 2 aromatic carbocycles. The highest BCUT2D eigenvalue weighted by atomic mass is 79.9. The number of tetrazole rings is 1. The molecule has 0 aliphatic rings. The number of hydrogen-bond acceptors (Lipinski definition) is 4. The van der Waals surface area contributed by atoms with Gasteiger partial charge in [0.15, 0.2) is 5.82 Å². The van der Waals surface area contributed by atoms with Crippen LogP contribution in [0.15, 0.2) is 40.9 Å². The van der Waals surface area contributed by atoms with Crippen molar-refractivity contribution in [2.75, 3.05) is 5.73 Å². The zero-order valence-electron chi connectivity index (χ0n) is 11.1. The molecular weight excluding hydrogens is 337 g/mol. The molecule has 0 radical (unpaired) electrons. The third-order valence-corrected chi connectivity index (χ3v) is 3.69. The minimum Gasteiger partial charge on any atom is -0.398 e. The largest absolute Gasteiger partial charge is 0.398 e. The van der Waals surface area contributed by atoms with Crippen LogP contribution in [0.3, 0.4) is 0 Å². The second-order valence-electron chi connectivity index (χ2n) is 4.60. The monoisotopic (exact) mass is 347 g/mol. The van der Waals surface area contributed by atoms with Gasteiger partial charge in [-0.3, -0.25) is 0 Å². The molecule has 5 nitrogen and oxygen atoms in total. The summed E-state index contributed by atoms with van der Waals surface area (Å²) in [6.45, 7) is 1.99. The summed E-state index contributed by atoms with van der Waals surface area (Å²) in [6.07, 6.45) is 0. The van der Waals surface area contributed by atoms with E-state index in [1.165, 1.54) is 12.1 Å². The van der Waals surface area contributed by atoms with Gasteiger partial charge >= 0.3 is 0 Å². The fourth-order valence-electron chi connectivity index (χ4n) is 2.04. The predicted molar refractivity (Wildman–Crippen MR) is 81.4 cm³/mol. The first-order chi connectivity index (χ1) is 10.1. The molecule has 0 fully saturated rings. The van der Waals surface area contributed by atoms with Crippen molar-refractivity contribution in [1.82, 2.24) is 20.2 Å². The molecule has 2 N–H and O–H groups in total. The van der Waals surface area contributed by atoms with Gasteiger partial charge in [0.05, 0.1) is 5.69 Å². The average Bonchev–Trinajstić information content (AvgIpc) is 2.87. The van der Waals surface area contributed by atoms with Crippen LogP contribution in [0.2, 0.25) is 0 Å². The van der Waals surface area contributed by atoms with E-state index in [-0.39, 0.29) is 5.69 Å². The van der Waals surface area contributed by atoms with Crippen LogP contribution in [-0.2, 0) is 0 Å². The topological polar surface area (TPSA) is 69.6 Å². The van der Waals surface area contributed by atoms with Crippen LogP contribution in [-0.4, -0.2) is 20.2 Å². The van der Waals surface area contributed by atoms with Crippen molar-refractivity contribution < 1.29 is 4.39 Å². The van der Waals surface area contributed by atoms with Crippen molar-refractivity contribution in [2.24, 2.45) is 0 Å². The highest BCUT2D eigenvalue weighted by Crippen LogP contribution is 2.29. The molecular formula is C14H11BrFN5. The van der Waals surface area contributed by atoms with Crippen LogP contribution in [0.5, 0.6) is 0 Å².